The molecule has 0 spiro atoms. The van der Waals surface area contributed by atoms with Crippen LogP contribution in [0, 0.1) is 11.8 Å². The van der Waals surface area contributed by atoms with Crippen molar-refractivity contribution >= 4 is 5.69 Å². The molecule has 1 aliphatic carbocycles. The van der Waals surface area contributed by atoms with Crippen molar-refractivity contribution < 1.29 is 4.74 Å². The lowest BCUT2D eigenvalue weighted by atomic mass is 9.73. The van der Waals surface area contributed by atoms with Gasteiger partial charge in [0.2, 0.25) is 0 Å². The molecular weight excluding hydrogens is 248 g/mol. The Labute approximate surface area is 123 Å². The number of nitrogens with zero attached hydrogens (tertiary/aromatic N) is 1. The molecular formula is C17H28N2O. The Hall–Kier alpha value is -1.22. The molecule has 3 heteroatoms. The second kappa shape index (κ2) is 6.98. The molecule has 1 N–H and O–H groups in total. The Kier molecular flexibility index (Phi) is 5.30. The van der Waals surface area contributed by atoms with Gasteiger partial charge in [0, 0.05) is 24.3 Å². The first kappa shape index (κ1) is 15.2. The summed E-state index contributed by atoms with van der Waals surface area (Å²) in [7, 11) is 4.12. The molecule has 0 saturated heterocycles. The first-order valence-electron chi connectivity index (χ1n) is 7.68. The van der Waals surface area contributed by atoms with E-state index < -0.39 is 0 Å². The minimum Gasteiger partial charge on any atom is -0.492 e. The minimum absolute atomic E-state index is 0.638. The number of ether oxygens (including phenoxy) is 1. The number of anilines is 1. The summed E-state index contributed by atoms with van der Waals surface area (Å²) >= 11 is 0. The van der Waals surface area contributed by atoms with E-state index in [2.05, 4.69) is 56.4 Å². The van der Waals surface area contributed by atoms with E-state index in [1.54, 1.807) is 0 Å². The normalized spacial score (nSPS) is 21.9. The molecule has 2 rings (SSSR count). The molecule has 0 heterocycles. The average Bonchev–Trinajstić information content (AvgIpc) is 2.33. The Morgan fingerprint density at radius 1 is 1.30 bits per heavy atom. The highest BCUT2D eigenvalue weighted by Gasteiger charge is 2.30. The number of nitrogens with one attached hydrogen (secondary N) is 1. The van der Waals surface area contributed by atoms with Crippen molar-refractivity contribution in [1.82, 2.24) is 4.90 Å². The molecule has 0 radical (unpaired) electrons. The van der Waals surface area contributed by atoms with Gasteiger partial charge in [-0.25, -0.2) is 0 Å². The van der Waals surface area contributed by atoms with Crippen LogP contribution in [-0.4, -0.2) is 38.2 Å². The van der Waals surface area contributed by atoms with Crippen LogP contribution in [0.2, 0.25) is 0 Å². The molecule has 1 aromatic rings. The summed E-state index contributed by atoms with van der Waals surface area (Å²) in [5.74, 6) is 2.66. The summed E-state index contributed by atoms with van der Waals surface area (Å²) in [6.07, 6.45) is 2.59. The molecule has 112 valence electrons. The zero-order valence-electron chi connectivity index (χ0n) is 13.2. The molecule has 0 atom stereocenters. The predicted octanol–water partition coefficient (Wildman–Crippen LogP) is 3.47. The highest BCUT2D eigenvalue weighted by atomic mass is 16.5. The first-order chi connectivity index (χ1) is 9.54. The summed E-state index contributed by atoms with van der Waals surface area (Å²) in [6, 6.07) is 8.96. The average molecular weight is 276 g/mol. The van der Waals surface area contributed by atoms with Crippen molar-refractivity contribution in [3.8, 4) is 5.75 Å². The topological polar surface area (TPSA) is 24.5 Å². The van der Waals surface area contributed by atoms with Crippen molar-refractivity contribution in [2.45, 2.75) is 32.7 Å². The maximum Gasteiger partial charge on any atom is 0.121 e. The fraction of sp³-hybridized carbons (Fsp3) is 0.647. The third-order valence-electron chi connectivity index (χ3n) is 4.13. The smallest absolute Gasteiger partial charge is 0.121 e. The molecule has 0 amide bonds. The number of rotatable bonds is 7. The summed E-state index contributed by atoms with van der Waals surface area (Å²) in [5.41, 5.74) is 1.18. The van der Waals surface area contributed by atoms with E-state index in [-0.39, 0.29) is 0 Å². The zero-order chi connectivity index (χ0) is 14.5. The van der Waals surface area contributed by atoms with Crippen LogP contribution in [-0.2, 0) is 0 Å². The van der Waals surface area contributed by atoms with Crippen LogP contribution in [0.5, 0.6) is 5.75 Å². The number of benzene rings is 1. The number of hydrogen-bond acceptors (Lipinski definition) is 3. The minimum atomic E-state index is 0.638. The van der Waals surface area contributed by atoms with Crippen LogP contribution in [0.4, 0.5) is 5.69 Å². The van der Waals surface area contributed by atoms with Crippen LogP contribution in [0.1, 0.15) is 26.7 Å². The first-order valence-corrected chi connectivity index (χ1v) is 7.68. The summed E-state index contributed by atoms with van der Waals surface area (Å²) < 4.78 is 5.77. The van der Waals surface area contributed by atoms with E-state index in [4.69, 9.17) is 4.74 Å². The molecule has 3 nitrogen and oxygen atoms in total. The SMILES string of the molecule is CC(C)C1CC(Nc2cccc(OCCN(C)C)c2)C1. The zero-order valence-corrected chi connectivity index (χ0v) is 13.2. The van der Waals surface area contributed by atoms with Gasteiger partial charge >= 0.3 is 0 Å². The quantitative estimate of drug-likeness (QED) is 0.825. The van der Waals surface area contributed by atoms with Crippen molar-refractivity contribution in [1.29, 1.82) is 0 Å². The van der Waals surface area contributed by atoms with Crippen molar-refractivity contribution in [3.05, 3.63) is 24.3 Å². The van der Waals surface area contributed by atoms with Gasteiger partial charge in [-0.2, -0.15) is 0 Å². The largest absolute Gasteiger partial charge is 0.492 e. The second-order valence-corrected chi connectivity index (χ2v) is 6.50. The number of hydrogen-bond donors (Lipinski definition) is 1. The molecule has 0 unspecified atom stereocenters. The van der Waals surface area contributed by atoms with Crippen LogP contribution in [0.25, 0.3) is 0 Å². The standard InChI is InChI=1S/C17H28N2O/c1-13(2)14-10-16(11-14)18-15-6-5-7-17(12-15)20-9-8-19(3)4/h5-7,12-14,16,18H,8-11H2,1-4H3. The summed E-state index contributed by atoms with van der Waals surface area (Å²) in [4.78, 5) is 2.13. The van der Waals surface area contributed by atoms with Crippen LogP contribution >= 0.6 is 0 Å². The maximum absolute atomic E-state index is 5.77. The van der Waals surface area contributed by atoms with Gasteiger partial charge in [0.05, 0.1) is 0 Å². The lowest BCUT2D eigenvalue weighted by molar-refractivity contribution is 0.211. The van der Waals surface area contributed by atoms with Gasteiger partial charge in [-0.15, -0.1) is 0 Å². The second-order valence-electron chi connectivity index (χ2n) is 6.50. The molecule has 1 fully saturated rings. The van der Waals surface area contributed by atoms with Gasteiger partial charge in [-0.05, 0) is 50.9 Å². The molecule has 1 aliphatic rings. The molecule has 20 heavy (non-hydrogen) atoms. The molecule has 0 bridgehead atoms. The van der Waals surface area contributed by atoms with Gasteiger partial charge in [0.1, 0.15) is 12.4 Å². The van der Waals surface area contributed by atoms with E-state index >= 15 is 0 Å². The van der Waals surface area contributed by atoms with Gasteiger partial charge in [-0.1, -0.05) is 19.9 Å². The van der Waals surface area contributed by atoms with E-state index in [0.29, 0.717) is 6.04 Å². The fourth-order valence-electron chi connectivity index (χ4n) is 2.58. The Bertz CT molecular complexity index is 411. The van der Waals surface area contributed by atoms with E-state index in [0.717, 1.165) is 30.7 Å². The van der Waals surface area contributed by atoms with Gasteiger partial charge in [0.15, 0.2) is 0 Å². The van der Waals surface area contributed by atoms with Gasteiger partial charge in [0.25, 0.3) is 0 Å². The molecule has 1 saturated carbocycles. The number of likely N-dealkylation sites (N-methyl/N-ethyl adjacent to an activating group) is 1. The van der Waals surface area contributed by atoms with Crippen molar-refractivity contribution in [3.63, 3.8) is 0 Å². The molecule has 0 aromatic heterocycles. The highest BCUT2D eigenvalue weighted by Crippen LogP contribution is 2.35. The van der Waals surface area contributed by atoms with Crippen molar-refractivity contribution in [2.24, 2.45) is 11.8 Å². The lowest BCUT2D eigenvalue weighted by Gasteiger charge is -2.39. The van der Waals surface area contributed by atoms with Crippen LogP contribution in [0.15, 0.2) is 24.3 Å². The maximum atomic E-state index is 5.77. The summed E-state index contributed by atoms with van der Waals surface area (Å²) in [6.45, 7) is 6.31. The van der Waals surface area contributed by atoms with E-state index in [1.165, 1.54) is 18.5 Å². The third-order valence-corrected chi connectivity index (χ3v) is 4.13. The Balaban J connectivity index is 1.78. The predicted molar refractivity (Wildman–Crippen MR) is 85.5 cm³/mol. The highest BCUT2D eigenvalue weighted by molar-refractivity contribution is 5.49. The fourth-order valence-corrected chi connectivity index (χ4v) is 2.58. The van der Waals surface area contributed by atoms with Gasteiger partial charge < -0.3 is 15.0 Å². The monoisotopic (exact) mass is 276 g/mol. The van der Waals surface area contributed by atoms with Crippen LogP contribution in [0.3, 0.4) is 0 Å². The molecule has 0 aliphatic heterocycles. The lowest BCUT2D eigenvalue weighted by Crippen LogP contribution is -2.37. The third kappa shape index (κ3) is 4.41. The van der Waals surface area contributed by atoms with E-state index in [9.17, 15) is 0 Å². The summed E-state index contributed by atoms with van der Waals surface area (Å²) in [5, 5.41) is 3.61. The Morgan fingerprint density at radius 2 is 2.05 bits per heavy atom. The Morgan fingerprint density at radius 3 is 2.70 bits per heavy atom. The van der Waals surface area contributed by atoms with Crippen LogP contribution < -0.4 is 10.1 Å². The van der Waals surface area contributed by atoms with Gasteiger partial charge in [-0.3, -0.25) is 0 Å². The van der Waals surface area contributed by atoms with E-state index in [1.807, 2.05) is 6.07 Å². The molecule has 1 aromatic carbocycles. The van der Waals surface area contributed by atoms with Crippen molar-refractivity contribution in [2.75, 3.05) is 32.6 Å².